The summed E-state index contributed by atoms with van der Waals surface area (Å²) in [6.45, 7) is 8.18. The molecule has 0 N–H and O–H groups in total. The van der Waals surface area contributed by atoms with Gasteiger partial charge in [-0.2, -0.15) is 0 Å². The fraction of sp³-hybridized carbons (Fsp3) is 0.250. The van der Waals surface area contributed by atoms with Crippen LogP contribution in [0.2, 0.25) is 0 Å². The van der Waals surface area contributed by atoms with Crippen LogP contribution in [0.25, 0.3) is 11.1 Å². The average molecular weight is 244 g/mol. The van der Waals surface area contributed by atoms with Gasteiger partial charge in [0.15, 0.2) is 0 Å². The molecule has 0 nitrogen and oxygen atoms in total. The van der Waals surface area contributed by atoms with Crippen LogP contribution in [0, 0.1) is 13.8 Å². The quantitative estimate of drug-likeness (QED) is 0.648. The van der Waals surface area contributed by atoms with Crippen molar-refractivity contribution in [3.05, 3.63) is 53.6 Å². The summed E-state index contributed by atoms with van der Waals surface area (Å²) in [5.41, 5.74) is 4.94. The molecule has 0 aliphatic rings. The molecule has 2 aromatic carbocycles. The Hall–Kier alpha value is -1.21. The Bertz CT molecular complexity index is 469. The smallest absolute Gasteiger partial charge is 0.0148 e. The molecule has 17 heavy (non-hydrogen) atoms. The zero-order valence-electron chi connectivity index (χ0n) is 11.0. The van der Waals surface area contributed by atoms with E-state index in [9.17, 15) is 0 Å². The average Bonchev–Trinajstić information content (AvgIpc) is 2.37. The second kappa shape index (κ2) is 6.51. The second-order valence-corrected chi connectivity index (χ2v) is 4.28. The summed E-state index contributed by atoms with van der Waals surface area (Å²) in [6, 6.07) is 14.8. The van der Waals surface area contributed by atoms with Crippen molar-refractivity contribution in [3.8, 4) is 11.1 Å². The largest absolute Gasteiger partial charge is 0.143 e. The highest BCUT2D eigenvalue weighted by atomic mass is 32.1. The molecule has 0 amide bonds. The van der Waals surface area contributed by atoms with Gasteiger partial charge in [-0.15, -0.1) is 12.6 Å². The van der Waals surface area contributed by atoms with Gasteiger partial charge in [-0.3, -0.25) is 0 Å². The Morgan fingerprint density at radius 3 is 2.00 bits per heavy atom. The number of aryl methyl sites for hydroxylation is 2. The van der Waals surface area contributed by atoms with Crippen LogP contribution in [-0.4, -0.2) is 0 Å². The first-order valence-corrected chi connectivity index (χ1v) is 6.49. The molecule has 2 aromatic rings. The van der Waals surface area contributed by atoms with Gasteiger partial charge in [0.25, 0.3) is 0 Å². The summed E-state index contributed by atoms with van der Waals surface area (Å²) in [4.78, 5) is 1.07. The minimum absolute atomic E-state index is 1.07. The molecule has 0 aromatic heterocycles. The van der Waals surface area contributed by atoms with Crippen molar-refractivity contribution >= 4 is 12.6 Å². The molecular formula is C16H20S. The van der Waals surface area contributed by atoms with E-state index in [2.05, 4.69) is 68.9 Å². The molecule has 0 aliphatic carbocycles. The van der Waals surface area contributed by atoms with Gasteiger partial charge in [-0.05, 0) is 30.5 Å². The molecule has 0 fully saturated rings. The highest BCUT2D eigenvalue weighted by Crippen LogP contribution is 2.28. The first kappa shape index (κ1) is 13.9. The Balaban J connectivity index is 0.000000686. The molecule has 0 atom stereocenters. The topological polar surface area (TPSA) is 0 Å². The van der Waals surface area contributed by atoms with Crippen LogP contribution in [-0.2, 0) is 0 Å². The van der Waals surface area contributed by atoms with Gasteiger partial charge in [-0.1, -0.05) is 61.9 Å². The Morgan fingerprint density at radius 1 is 0.824 bits per heavy atom. The zero-order valence-corrected chi connectivity index (χ0v) is 11.9. The highest BCUT2D eigenvalue weighted by Gasteiger charge is 2.03. The third kappa shape index (κ3) is 3.37. The summed E-state index contributed by atoms with van der Waals surface area (Å²) in [5.74, 6) is 0. The third-order valence-electron chi connectivity index (χ3n) is 2.60. The van der Waals surface area contributed by atoms with Crippen LogP contribution >= 0.6 is 12.6 Å². The first-order chi connectivity index (χ1) is 8.18. The van der Waals surface area contributed by atoms with Crippen LogP contribution in [0.3, 0.4) is 0 Å². The van der Waals surface area contributed by atoms with E-state index in [1.54, 1.807) is 0 Å². The van der Waals surface area contributed by atoms with E-state index in [0.29, 0.717) is 0 Å². The van der Waals surface area contributed by atoms with E-state index in [-0.39, 0.29) is 0 Å². The maximum absolute atomic E-state index is 4.55. The first-order valence-electron chi connectivity index (χ1n) is 6.04. The van der Waals surface area contributed by atoms with Crippen LogP contribution in [0.1, 0.15) is 25.0 Å². The normalized spacial score (nSPS) is 9.47. The Morgan fingerprint density at radius 2 is 1.41 bits per heavy atom. The lowest BCUT2D eigenvalue weighted by atomic mass is 10.0. The van der Waals surface area contributed by atoms with Crippen molar-refractivity contribution in [2.75, 3.05) is 0 Å². The van der Waals surface area contributed by atoms with Crippen molar-refractivity contribution in [1.29, 1.82) is 0 Å². The fourth-order valence-electron chi connectivity index (χ4n) is 1.63. The maximum Gasteiger partial charge on any atom is 0.0148 e. The molecule has 0 unspecified atom stereocenters. The zero-order chi connectivity index (χ0) is 12.8. The molecule has 2 rings (SSSR count). The summed E-state index contributed by atoms with van der Waals surface area (Å²) in [5, 5.41) is 0. The van der Waals surface area contributed by atoms with E-state index < -0.39 is 0 Å². The molecule has 0 bridgehead atoms. The van der Waals surface area contributed by atoms with Crippen LogP contribution in [0.15, 0.2) is 47.4 Å². The number of thiol groups is 1. The standard InChI is InChI=1S/C14H14S.C2H6/c1-10-6-8-12(9-7-10)13-5-3-4-11(2)14(13)15;1-2/h3-9,15H,1-2H3;1-2H3. The number of hydrogen-bond acceptors (Lipinski definition) is 1. The number of benzene rings is 2. The van der Waals surface area contributed by atoms with Gasteiger partial charge >= 0.3 is 0 Å². The molecule has 0 saturated heterocycles. The predicted octanol–water partition coefficient (Wildman–Crippen LogP) is 5.29. The second-order valence-electron chi connectivity index (χ2n) is 3.84. The van der Waals surface area contributed by atoms with Crippen molar-refractivity contribution in [3.63, 3.8) is 0 Å². The van der Waals surface area contributed by atoms with Gasteiger partial charge in [0.2, 0.25) is 0 Å². The van der Waals surface area contributed by atoms with Gasteiger partial charge < -0.3 is 0 Å². The summed E-state index contributed by atoms with van der Waals surface area (Å²) >= 11 is 4.55. The Labute approximate surface area is 110 Å². The van der Waals surface area contributed by atoms with Crippen LogP contribution in [0.5, 0.6) is 0 Å². The minimum atomic E-state index is 1.07. The lowest BCUT2D eigenvalue weighted by molar-refractivity contribution is 1.31. The van der Waals surface area contributed by atoms with Gasteiger partial charge in [-0.25, -0.2) is 0 Å². The molecular weight excluding hydrogens is 224 g/mol. The number of hydrogen-bond donors (Lipinski definition) is 1. The SMILES string of the molecule is CC.Cc1ccc(-c2cccc(C)c2S)cc1. The molecule has 0 spiro atoms. The van der Waals surface area contributed by atoms with E-state index in [1.165, 1.54) is 22.3 Å². The van der Waals surface area contributed by atoms with E-state index >= 15 is 0 Å². The third-order valence-corrected chi connectivity index (χ3v) is 3.19. The Kier molecular flexibility index (Phi) is 5.30. The molecule has 0 heterocycles. The van der Waals surface area contributed by atoms with Gasteiger partial charge in [0.05, 0.1) is 0 Å². The van der Waals surface area contributed by atoms with Crippen molar-refractivity contribution in [2.45, 2.75) is 32.6 Å². The molecule has 0 saturated carbocycles. The molecule has 0 radical (unpaired) electrons. The summed E-state index contributed by atoms with van der Waals surface area (Å²) < 4.78 is 0. The lowest BCUT2D eigenvalue weighted by Gasteiger charge is -2.07. The fourth-order valence-corrected chi connectivity index (χ4v) is 1.90. The summed E-state index contributed by atoms with van der Waals surface area (Å²) in [6.07, 6.45) is 0. The van der Waals surface area contributed by atoms with Crippen molar-refractivity contribution in [1.82, 2.24) is 0 Å². The summed E-state index contributed by atoms with van der Waals surface area (Å²) in [7, 11) is 0. The highest BCUT2D eigenvalue weighted by molar-refractivity contribution is 7.80. The van der Waals surface area contributed by atoms with E-state index in [4.69, 9.17) is 0 Å². The van der Waals surface area contributed by atoms with Gasteiger partial charge in [0, 0.05) is 4.90 Å². The van der Waals surface area contributed by atoms with Gasteiger partial charge in [0.1, 0.15) is 0 Å². The molecule has 1 heteroatoms. The van der Waals surface area contributed by atoms with E-state index in [1.807, 2.05) is 13.8 Å². The van der Waals surface area contributed by atoms with Crippen molar-refractivity contribution in [2.24, 2.45) is 0 Å². The predicted molar refractivity (Wildman–Crippen MR) is 80.0 cm³/mol. The van der Waals surface area contributed by atoms with Crippen molar-refractivity contribution < 1.29 is 0 Å². The van der Waals surface area contributed by atoms with Crippen LogP contribution in [0.4, 0.5) is 0 Å². The van der Waals surface area contributed by atoms with E-state index in [0.717, 1.165) is 4.90 Å². The minimum Gasteiger partial charge on any atom is -0.143 e. The molecule has 0 aliphatic heterocycles. The monoisotopic (exact) mass is 244 g/mol. The number of rotatable bonds is 1. The van der Waals surface area contributed by atoms with Crippen LogP contribution < -0.4 is 0 Å². The lowest BCUT2D eigenvalue weighted by Crippen LogP contribution is -1.83. The maximum atomic E-state index is 4.55. The molecule has 90 valence electrons.